The predicted molar refractivity (Wildman–Crippen MR) is 40.7 cm³/mol. The lowest BCUT2D eigenvalue weighted by molar-refractivity contribution is -0.127. The van der Waals surface area contributed by atoms with Crippen molar-refractivity contribution in [2.45, 2.75) is 26.7 Å². The van der Waals surface area contributed by atoms with Gasteiger partial charge in [0.25, 0.3) is 0 Å². The molecule has 1 heterocycles. The van der Waals surface area contributed by atoms with E-state index >= 15 is 0 Å². The number of carbonyl (C=O) groups excluding carboxylic acids is 1. The van der Waals surface area contributed by atoms with Gasteiger partial charge in [0, 0.05) is 19.5 Å². The van der Waals surface area contributed by atoms with E-state index in [1.165, 1.54) is 0 Å². The molecule has 0 aromatic rings. The van der Waals surface area contributed by atoms with Crippen LogP contribution in [0, 0.1) is 5.92 Å². The molecule has 0 N–H and O–H groups in total. The first-order valence-corrected chi connectivity index (χ1v) is 4.01. The highest BCUT2D eigenvalue weighted by molar-refractivity contribution is 5.78. The highest BCUT2D eigenvalue weighted by Gasteiger charge is 2.24. The standard InChI is InChI=1S/C8H15NO/c1-3-4-9-6-7(2)5-8(9)10/h7H,3-6H2,1-2H3. The maximum absolute atomic E-state index is 11.1. The van der Waals surface area contributed by atoms with E-state index in [1.54, 1.807) is 0 Å². The zero-order valence-corrected chi connectivity index (χ0v) is 6.76. The Morgan fingerprint density at radius 1 is 1.70 bits per heavy atom. The number of nitrogens with zero attached hydrogens (tertiary/aromatic N) is 1. The smallest absolute Gasteiger partial charge is 0.222 e. The molecule has 0 radical (unpaired) electrons. The summed E-state index contributed by atoms with van der Waals surface area (Å²) in [4.78, 5) is 13.1. The highest BCUT2D eigenvalue weighted by Crippen LogP contribution is 2.16. The fourth-order valence-corrected chi connectivity index (χ4v) is 1.46. The Morgan fingerprint density at radius 2 is 2.40 bits per heavy atom. The summed E-state index contributed by atoms with van der Waals surface area (Å²) < 4.78 is 0. The third kappa shape index (κ3) is 1.49. The molecule has 1 atom stereocenters. The van der Waals surface area contributed by atoms with Crippen LogP contribution in [0.25, 0.3) is 0 Å². The van der Waals surface area contributed by atoms with Crippen LogP contribution in [0.1, 0.15) is 26.7 Å². The first-order valence-electron chi connectivity index (χ1n) is 4.01. The minimum atomic E-state index is 0.342. The van der Waals surface area contributed by atoms with Gasteiger partial charge in [-0.1, -0.05) is 13.8 Å². The van der Waals surface area contributed by atoms with Crippen LogP contribution in [0.3, 0.4) is 0 Å². The van der Waals surface area contributed by atoms with E-state index in [-0.39, 0.29) is 0 Å². The van der Waals surface area contributed by atoms with E-state index in [9.17, 15) is 4.79 Å². The van der Waals surface area contributed by atoms with Crippen LogP contribution in [-0.2, 0) is 4.79 Å². The van der Waals surface area contributed by atoms with Crippen molar-refractivity contribution in [1.29, 1.82) is 0 Å². The average Bonchev–Trinajstić information content (AvgIpc) is 2.13. The average molecular weight is 141 g/mol. The van der Waals surface area contributed by atoms with Gasteiger partial charge in [0.05, 0.1) is 0 Å². The Morgan fingerprint density at radius 3 is 2.80 bits per heavy atom. The Kier molecular flexibility index (Phi) is 2.30. The minimum absolute atomic E-state index is 0.342. The normalized spacial score (nSPS) is 26.0. The molecule has 1 aliphatic rings. The Labute approximate surface area is 62.2 Å². The number of amides is 1. The lowest BCUT2D eigenvalue weighted by atomic mass is 10.2. The quantitative estimate of drug-likeness (QED) is 0.567. The van der Waals surface area contributed by atoms with Gasteiger partial charge in [-0.3, -0.25) is 4.79 Å². The molecule has 1 fully saturated rings. The van der Waals surface area contributed by atoms with Crippen LogP contribution in [-0.4, -0.2) is 23.9 Å². The van der Waals surface area contributed by atoms with Crippen molar-refractivity contribution in [3.05, 3.63) is 0 Å². The van der Waals surface area contributed by atoms with Gasteiger partial charge >= 0.3 is 0 Å². The van der Waals surface area contributed by atoms with E-state index in [0.29, 0.717) is 11.8 Å². The zero-order chi connectivity index (χ0) is 7.56. The molecule has 1 rings (SSSR count). The molecule has 1 saturated heterocycles. The van der Waals surface area contributed by atoms with E-state index in [2.05, 4.69) is 13.8 Å². The number of carbonyl (C=O) groups is 1. The summed E-state index contributed by atoms with van der Waals surface area (Å²) in [7, 11) is 0. The molecule has 0 saturated carbocycles. The van der Waals surface area contributed by atoms with Crippen LogP contribution in [0.4, 0.5) is 0 Å². The highest BCUT2D eigenvalue weighted by atomic mass is 16.2. The summed E-state index contributed by atoms with van der Waals surface area (Å²) >= 11 is 0. The Hall–Kier alpha value is -0.530. The maximum atomic E-state index is 11.1. The van der Waals surface area contributed by atoms with Gasteiger partial charge in [0.2, 0.25) is 5.91 Å². The summed E-state index contributed by atoms with van der Waals surface area (Å²) in [5.41, 5.74) is 0. The molecule has 0 aromatic heterocycles. The molecule has 1 amide bonds. The van der Waals surface area contributed by atoms with Crippen LogP contribution in [0.2, 0.25) is 0 Å². The minimum Gasteiger partial charge on any atom is -0.342 e. The Balaban J connectivity index is 2.39. The van der Waals surface area contributed by atoms with Crippen LogP contribution >= 0.6 is 0 Å². The van der Waals surface area contributed by atoms with Crippen molar-refractivity contribution in [2.75, 3.05) is 13.1 Å². The van der Waals surface area contributed by atoms with Gasteiger partial charge in [0.1, 0.15) is 0 Å². The summed E-state index contributed by atoms with van der Waals surface area (Å²) in [6, 6.07) is 0. The van der Waals surface area contributed by atoms with Gasteiger partial charge in [-0.15, -0.1) is 0 Å². The van der Waals surface area contributed by atoms with Crippen LogP contribution in [0.15, 0.2) is 0 Å². The van der Waals surface area contributed by atoms with E-state index in [4.69, 9.17) is 0 Å². The van der Waals surface area contributed by atoms with Crippen molar-refractivity contribution >= 4 is 5.91 Å². The van der Waals surface area contributed by atoms with Crippen molar-refractivity contribution in [3.63, 3.8) is 0 Å². The molecule has 1 aliphatic heterocycles. The monoisotopic (exact) mass is 141 g/mol. The first kappa shape index (κ1) is 7.58. The number of rotatable bonds is 2. The molecular weight excluding hydrogens is 126 g/mol. The molecule has 10 heavy (non-hydrogen) atoms. The molecule has 2 heteroatoms. The number of hydrogen-bond acceptors (Lipinski definition) is 1. The topological polar surface area (TPSA) is 20.3 Å². The third-order valence-electron chi connectivity index (χ3n) is 1.90. The zero-order valence-electron chi connectivity index (χ0n) is 6.76. The van der Waals surface area contributed by atoms with Gasteiger partial charge in [-0.05, 0) is 12.3 Å². The number of hydrogen-bond donors (Lipinski definition) is 0. The molecule has 1 unspecified atom stereocenters. The first-order chi connectivity index (χ1) is 4.74. The second-order valence-corrected chi connectivity index (χ2v) is 3.15. The van der Waals surface area contributed by atoms with Crippen molar-refractivity contribution < 1.29 is 4.79 Å². The molecule has 0 bridgehead atoms. The van der Waals surface area contributed by atoms with E-state index in [1.807, 2.05) is 4.90 Å². The third-order valence-corrected chi connectivity index (χ3v) is 1.90. The van der Waals surface area contributed by atoms with Crippen LogP contribution in [0.5, 0.6) is 0 Å². The number of likely N-dealkylation sites (tertiary alicyclic amines) is 1. The predicted octanol–water partition coefficient (Wildman–Crippen LogP) is 1.26. The van der Waals surface area contributed by atoms with Crippen LogP contribution < -0.4 is 0 Å². The fourth-order valence-electron chi connectivity index (χ4n) is 1.46. The van der Waals surface area contributed by atoms with Gasteiger partial charge < -0.3 is 4.90 Å². The Bertz CT molecular complexity index is 133. The van der Waals surface area contributed by atoms with Crippen molar-refractivity contribution in [1.82, 2.24) is 4.90 Å². The molecule has 0 aliphatic carbocycles. The molecular formula is C8H15NO. The van der Waals surface area contributed by atoms with Gasteiger partial charge in [0.15, 0.2) is 0 Å². The SMILES string of the molecule is CCCN1CC(C)CC1=O. The molecule has 58 valence electrons. The lowest BCUT2D eigenvalue weighted by Gasteiger charge is -2.13. The fraction of sp³-hybridized carbons (Fsp3) is 0.875. The van der Waals surface area contributed by atoms with Gasteiger partial charge in [-0.2, -0.15) is 0 Å². The van der Waals surface area contributed by atoms with Crippen molar-refractivity contribution in [2.24, 2.45) is 5.92 Å². The second kappa shape index (κ2) is 3.04. The molecule has 0 spiro atoms. The molecule has 0 aromatic carbocycles. The lowest BCUT2D eigenvalue weighted by Crippen LogP contribution is -2.25. The summed E-state index contributed by atoms with van der Waals surface area (Å²) in [6.07, 6.45) is 1.85. The molecule has 2 nitrogen and oxygen atoms in total. The summed E-state index contributed by atoms with van der Waals surface area (Å²) in [5.74, 6) is 0.924. The largest absolute Gasteiger partial charge is 0.342 e. The second-order valence-electron chi connectivity index (χ2n) is 3.15. The van der Waals surface area contributed by atoms with E-state index < -0.39 is 0 Å². The van der Waals surface area contributed by atoms with Gasteiger partial charge in [-0.25, -0.2) is 0 Å². The van der Waals surface area contributed by atoms with Crippen molar-refractivity contribution in [3.8, 4) is 0 Å². The summed E-state index contributed by atoms with van der Waals surface area (Å²) in [5, 5.41) is 0. The summed E-state index contributed by atoms with van der Waals surface area (Å²) in [6.45, 7) is 6.17. The maximum Gasteiger partial charge on any atom is 0.222 e. The van der Waals surface area contributed by atoms with E-state index in [0.717, 1.165) is 25.9 Å².